The van der Waals surface area contributed by atoms with Gasteiger partial charge in [-0.3, -0.25) is 0 Å². The van der Waals surface area contributed by atoms with Crippen molar-refractivity contribution in [2.75, 3.05) is 6.54 Å². The van der Waals surface area contributed by atoms with E-state index in [1.54, 1.807) is 0 Å². The molecule has 1 aliphatic rings. The van der Waals surface area contributed by atoms with Crippen molar-refractivity contribution in [1.29, 1.82) is 0 Å². The largest absolute Gasteiger partial charge is 0.310 e. The number of halogens is 2. The smallest absolute Gasteiger partial charge is 0.130 e. The summed E-state index contributed by atoms with van der Waals surface area (Å²) in [7, 11) is 0. The van der Waals surface area contributed by atoms with E-state index >= 15 is 0 Å². The van der Waals surface area contributed by atoms with Crippen molar-refractivity contribution in [3.05, 3.63) is 70.8 Å². The van der Waals surface area contributed by atoms with Gasteiger partial charge in [-0.2, -0.15) is 0 Å². The summed E-state index contributed by atoms with van der Waals surface area (Å²) < 4.78 is 28.0. The van der Waals surface area contributed by atoms with Gasteiger partial charge in [0.25, 0.3) is 0 Å². The lowest BCUT2D eigenvalue weighted by atomic mass is 9.73. The molecular formula is C18H19F2N. The number of nitrogens with one attached hydrogen (secondary N) is 1. The lowest BCUT2D eigenvalue weighted by Crippen LogP contribution is -2.28. The molecule has 0 amide bonds. The van der Waals surface area contributed by atoms with Gasteiger partial charge in [0.05, 0.1) is 0 Å². The molecule has 0 heterocycles. The molecule has 0 radical (unpaired) electrons. The van der Waals surface area contributed by atoms with E-state index in [0.29, 0.717) is 12.5 Å². The highest BCUT2D eigenvalue weighted by Gasteiger charge is 2.30. The SMILES string of the molecule is CCNC(CC1Cc2ccccc21)c1c(F)cccc1F. The molecule has 2 atom stereocenters. The maximum Gasteiger partial charge on any atom is 0.130 e. The summed E-state index contributed by atoms with van der Waals surface area (Å²) in [4.78, 5) is 0. The van der Waals surface area contributed by atoms with E-state index in [1.165, 1.54) is 29.3 Å². The molecule has 2 aromatic carbocycles. The molecule has 0 bridgehead atoms. The maximum atomic E-state index is 14.0. The monoisotopic (exact) mass is 287 g/mol. The Morgan fingerprint density at radius 2 is 1.81 bits per heavy atom. The van der Waals surface area contributed by atoms with Gasteiger partial charge in [-0.1, -0.05) is 37.3 Å². The number of hydrogen-bond donors (Lipinski definition) is 1. The Bertz CT molecular complexity index is 619. The minimum absolute atomic E-state index is 0.170. The van der Waals surface area contributed by atoms with Crippen LogP contribution in [0.4, 0.5) is 8.78 Å². The van der Waals surface area contributed by atoms with Crippen LogP contribution in [0.1, 0.15) is 42.0 Å². The van der Waals surface area contributed by atoms with Crippen LogP contribution >= 0.6 is 0 Å². The average Bonchev–Trinajstić information content (AvgIpc) is 2.44. The quantitative estimate of drug-likeness (QED) is 0.862. The molecule has 110 valence electrons. The summed E-state index contributed by atoms with van der Waals surface area (Å²) in [5.74, 6) is -0.550. The first-order chi connectivity index (χ1) is 10.2. The van der Waals surface area contributed by atoms with Crippen molar-refractivity contribution in [2.45, 2.75) is 31.7 Å². The van der Waals surface area contributed by atoms with Crippen molar-refractivity contribution in [1.82, 2.24) is 5.32 Å². The van der Waals surface area contributed by atoms with Crippen LogP contribution < -0.4 is 5.32 Å². The highest BCUT2D eigenvalue weighted by molar-refractivity contribution is 5.40. The van der Waals surface area contributed by atoms with E-state index in [4.69, 9.17) is 0 Å². The Labute approximate surface area is 124 Å². The van der Waals surface area contributed by atoms with Crippen LogP contribution in [0.5, 0.6) is 0 Å². The van der Waals surface area contributed by atoms with Gasteiger partial charge in [-0.05, 0) is 48.6 Å². The van der Waals surface area contributed by atoms with Gasteiger partial charge in [-0.15, -0.1) is 0 Å². The first-order valence-corrected chi connectivity index (χ1v) is 7.45. The molecule has 3 rings (SSSR count). The molecule has 0 saturated heterocycles. The Balaban J connectivity index is 1.84. The number of hydrogen-bond acceptors (Lipinski definition) is 1. The van der Waals surface area contributed by atoms with Crippen LogP contribution in [-0.2, 0) is 6.42 Å². The molecule has 0 saturated carbocycles. The van der Waals surface area contributed by atoms with E-state index in [9.17, 15) is 8.78 Å². The number of benzene rings is 2. The molecule has 2 aromatic rings. The van der Waals surface area contributed by atoms with Gasteiger partial charge in [0.15, 0.2) is 0 Å². The van der Waals surface area contributed by atoms with Gasteiger partial charge in [0.2, 0.25) is 0 Å². The molecule has 0 fully saturated rings. The van der Waals surface area contributed by atoms with E-state index in [0.717, 1.165) is 12.8 Å². The van der Waals surface area contributed by atoms with Crippen LogP contribution in [0, 0.1) is 11.6 Å². The molecule has 1 nitrogen and oxygen atoms in total. The summed E-state index contributed by atoms with van der Waals surface area (Å²) in [6, 6.07) is 12.1. The highest BCUT2D eigenvalue weighted by atomic mass is 19.1. The van der Waals surface area contributed by atoms with E-state index in [2.05, 4.69) is 17.4 Å². The Hall–Kier alpha value is -1.74. The third kappa shape index (κ3) is 2.70. The fraction of sp³-hybridized carbons (Fsp3) is 0.333. The van der Waals surface area contributed by atoms with Crippen molar-refractivity contribution in [3.8, 4) is 0 Å². The minimum Gasteiger partial charge on any atom is -0.310 e. The first kappa shape index (κ1) is 14.2. The zero-order chi connectivity index (χ0) is 14.8. The fourth-order valence-electron chi connectivity index (χ4n) is 3.25. The summed E-state index contributed by atoms with van der Waals surface area (Å²) >= 11 is 0. The summed E-state index contributed by atoms with van der Waals surface area (Å²) in [6.45, 7) is 2.65. The van der Waals surface area contributed by atoms with Gasteiger partial charge in [-0.25, -0.2) is 8.78 Å². The zero-order valence-electron chi connectivity index (χ0n) is 12.1. The molecule has 21 heavy (non-hydrogen) atoms. The Kier molecular flexibility index (Phi) is 4.02. The van der Waals surface area contributed by atoms with Gasteiger partial charge in [0, 0.05) is 11.6 Å². The van der Waals surface area contributed by atoms with Crippen molar-refractivity contribution < 1.29 is 8.78 Å². The standard InChI is InChI=1S/C18H19F2N/c1-2-21-17(18-15(19)8-5-9-16(18)20)11-13-10-12-6-3-4-7-14(12)13/h3-9,13,17,21H,2,10-11H2,1H3. The molecule has 3 heteroatoms. The van der Waals surface area contributed by atoms with Crippen molar-refractivity contribution >= 4 is 0 Å². The first-order valence-electron chi connectivity index (χ1n) is 7.45. The zero-order valence-corrected chi connectivity index (χ0v) is 12.1. The third-order valence-electron chi connectivity index (χ3n) is 4.28. The molecular weight excluding hydrogens is 268 g/mol. The van der Waals surface area contributed by atoms with Gasteiger partial charge < -0.3 is 5.32 Å². The second kappa shape index (κ2) is 5.94. The van der Waals surface area contributed by atoms with Crippen molar-refractivity contribution in [2.24, 2.45) is 0 Å². The van der Waals surface area contributed by atoms with E-state index in [1.807, 2.05) is 19.1 Å². The van der Waals surface area contributed by atoms with E-state index < -0.39 is 11.6 Å². The van der Waals surface area contributed by atoms with Crippen LogP contribution in [0.25, 0.3) is 0 Å². The number of rotatable bonds is 5. The normalized spacial score (nSPS) is 18.0. The molecule has 0 aliphatic heterocycles. The third-order valence-corrected chi connectivity index (χ3v) is 4.28. The predicted octanol–water partition coefficient (Wildman–Crippen LogP) is 4.35. The maximum absolute atomic E-state index is 14.0. The lowest BCUT2D eigenvalue weighted by molar-refractivity contribution is 0.406. The highest BCUT2D eigenvalue weighted by Crippen LogP contribution is 2.41. The van der Waals surface area contributed by atoms with Crippen LogP contribution in [-0.4, -0.2) is 6.54 Å². The van der Waals surface area contributed by atoms with Crippen LogP contribution in [0.2, 0.25) is 0 Å². The fourth-order valence-corrected chi connectivity index (χ4v) is 3.25. The molecule has 1 aliphatic carbocycles. The second-order valence-electron chi connectivity index (χ2n) is 5.58. The topological polar surface area (TPSA) is 12.0 Å². The van der Waals surface area contributed by atoms with Crippen LogP contribution in [0.3, 0.4) is 0 Å². The molecule has 0 spiro atoms. The molecule has 2 unspecified atom stereocenters. The van der Waals surface area contributed by atoms with Gasteiger partial charge in [0.1, 0.15) is 11.6 Å². The summed E-state index contributed by atoms with van der Waals surface area (Å²) in [6.07, 6.45) is 1.72. The Morgan fingerprint density at radius 3 is 2.48 bits per heavy atom. The lowest BCUT2D eigenvalue weighted by Gasteiger charge is -2.33. The molecule has 0 aromatic heterocycles. The predicted molar refractivity (Wildman–Crippen MR) is 80.3 cm³/mol. The average molecular weight is 287 g/mol. The van der Waals surface area contributed by atoms with E-state index in [-0.39, 0.29) is 11.6 Å². The minimum atomic E-state index is -0.464. The van der Waals surface area contributed by atoms with Crippen molar-refractivity contribution in [3.63, 3.8) is 0 Å². The molecule has 1 N–H and O–H groups in total. The Morgan fingerprint density at radius 1 is 1.10 bits per heavy atom. The second-order valence-corrected chi connectivity index (χ2v) is 5.58. The number of fused-ring (bicyclic) bond motifs is 1. The van der Waals surface area contributed by atoms with Gasteiger partial charge >= 0.3 is 0 Å². The summed E-state index contributed by atoms with van der Waals surface area (Å²) in [5, 5.41) is 3.23. The van der Waals surface area contributed by atoms with Crippen LogP contribution in [0.15, 0.2) is 42.5 Å². The summed E-state index contributed by atoms with van der Waals surface area (Å²) in [5.41, 5.74) is 2.84.